The van der Waals surface area contributed by atoms with Crippen molar-refractivity contribution in [1.29, 1.82) is 0 Å². The lowest BCUT2D eigenvalue weighted by atomic mass is 10.0. The van der Waals surface area contributed by atoms with Crippen LogP contribution in [0.3, 0.4) is 0 Å². The third kappa shape index (κ3) is 3.89. The zero-order chi connectivity index (χ0) is 22.8. The van der Waals surface area contributed by atoms with Gasteiger partial charge in [-0.05, 0) is 36.2 Å². The van der Waals surface area contributed by atoms with Gasteiger partial charge < -0.3 is 20.1 Å². The van der Waals surface area contributed by atoms with Crippen LogP contribution >= 0.6 is 0 Å². The highest BCUT2D eigenvalue weighted by Crippen LogP contribution is 2.39. The molecule has 0 saturated carbocycles. The molecule has 2 aromatic carbocycles. The highest BCUT2D eigenvalue weighted by atomic mass is 19.1. The van der Waals surface area contributed by atoms with Gasteiger partial charge >= 0.3 is 0 Å². The smallest absolute Gasteiger partial charge is 0.251 e. The molecular weight excluding hydrogens is 415 g/mol. The van der Waals surface area contributed by atoms with Crippen LogP contribution in [-0.4, -0.2) is 35.8 Å². The van der Waals surface area contributed by atoms with Gasteiger partial charge in [-0.3, -0.25) is 9.59 Å². The summed E-state index contributed by atoms with van der Waals surface area (Å²) in [6.45, 7) is 1.95. The van der Waals surface area contributed by atoms with Crippen LogP contribution in [0, 0.1) is 5.82 Å². The van der Waals surface area contributed by atoms with E-state index in [0.29, 0.717) is 29.4 Å². The van der Waals surface area contributed by atoms with Crippen molar-refractivity contribution in [1.82, 2.24) is 9.78 Å². The standard InChI is InChI=1S/C23H23FN4O4/c1-4-16-21(13-5-7-14(24)8-6-13)22-26-23(30)18(28(22)27-16)12-20(29)25-17-10-9-15(31-2)11-19(17)32-3/h5-11,18H,4,12H2,1-3H3,(H,25,29)(H,26,30). The van der Waals surface area contributed by atoms with E-state index in [4.69, 9.17) is 9.47 Å². The van der Waals surface area contributed by atoms with Crippen molar-refractivity contribution in [2.75, 3.05) is 24.9 Å². The van der Waals surface area contributed by atoms with Gasteiger partial charge in [0.25, 0.3) is 5.91 Å². The first-order valence-corrected chi connectivity index (χ1v) is 10.1. The molecule has 8 nitrogen and oxygen atoms in total. The molecule has 1 aliphatic heterocycles. The quantitative estimate of drug-likeness (QED) is 0.585. The van der Waals surface area contributed by atoms with Gasteiger partial charge in [0.05, 0.1) is 32.0 Å². The monoisotopic (exact) mass is 438 g/mol. The number of carbonyl (C=O) groups excluding carboxylic acids is 2. The molecule has 1 aromatic heterocycles. The highest BCUT2D eigenvalue weighted by molar-refractivity contribution is 6.04. The maximum atomic E-state index is 13.4. The zero-order valence-electron chi connectivity index (χ0n) is 17.9. The fourth-order valence-electron chi connectivity index (χ4n) is 3.76. The van der Waals surface area contributed by atoms with Gasteiger partial charge in [0.2, 0.25) is 5.91 Å². The number of ether oxygens (including phenoxy) is 2. The number of nitrogens with one attached hydrogen (secondary N) is 2. The number of carbonyl (C=O) groups is 2. The summed E-state index contributed by atoms with van der Waals surface area (Å²) in [4.78, 5) is 25.4. The van der Waals surface area contributed by atoms with Gasteiger partial charge in [-0.25, -0.2) is 9.07 Å². The third-order valence-corrected chi connectivity index (χ3v) is 5.35. The van der Waals surface area contributed by atoms with E-state index in [0.717, 1.165) is 16.8 Å². The molecule has 2 N–H and O–H groups in total. The van der Waals surface area contributed by atoms with E-state index in [1.54, 1.807) is 35.0 Å². The number of nitrogens with zero attached hydrogens (tertiary/aromatic N) is 2. The number of amides is 2. The molecule has 2 amide bonds. The Morgan fingerprint density at radius 3 is 2.59 bits per heavy atom. The Morgan fingerprint density at radius 2 is 1.94 bits per heavy atom. The molecule has 0 aliphatic carbocycles. The van der Waals surface area contributed by atoms with Crippen molar-refractivity contribution < 1.29 is 23.5 Å². The molecule has 9 heteroatoms. The summed E-state index contributed by atoms with van der Waals surface area (Å²) >= 11 is 0. The number of benzene rings is 2. The summed E-state index contributed by atoms with van der Waals surface area (Å²) in [5.41, 5.74) is 2.71. The second kappa shape index (κ2) is 8.70. The van der Waals surface area contributed by atoms with Crippen LogP contribution in [0.15, 0.2) is 42.5 Å². The Labute approximate surface area is 184 Å². The largest absolute Gasteiger partial charge is 0.497 e. The molecule has 1 unspecified atom stereocenters. The summed E-state index contributed by atoms with van der Waals surface area (Å²) in [6, 6.07) is 10.3. The third-order valence-electron chi connectivity index (χ3n) is 5.35. The first kappa shape index (κ1) is 21.4. The van der Waals surface area contributed by atoms with E-state index >= 15 is 0 Å². The van der Waals surface area contributed by atoms with Crippen LogP contribution in [0.1, 0.15) is 25.1 Å². The molecule has 0 spiro atoms. The van der Waals surface area contributed by atoms with Gasteiger partial charge in [0.15, 0.2) is 0 Å². The minimum Gasteiger partial charge on any atom is -0.497 e. The van der Waals surface area contributed by atoms with Gasteiger partial charge in [0.1, 0.15) is 29.2 Å². The number of aromatic nitrogens is 2. The van der Waals surface area contributed by atoms with Gasteiger partial charge in [0, 0.05) is 11.6 Å². The molecule has 0 saturated heterocycles. The lowest BCUT2D eigenvalue weighted by molar-refractivity contribution is -0.123. The van der Waals surface area contributed by atoms with Crippen molar-refractivity contribution >= 4 is 23.3 Å². The van der Waals surface area contributed by atoms with E-state index < -0.39 is 6.04 Å². The number of aryl methyl sites for hydroxylation is 1. The fourth-order valence-corrected chi connectivity index (χ4v) is 3.76. The Kier molecular flexibility index (Phi) is 5.81. The van der Waals surface area contributed by atoms with Crippen LogP contribution in [0.25, 0.3) is 11.1 Å². The SMILES string of the molecule is CCc1nn2c(c1-c1ccc(F)cc1)NC(=O)C2CC(=O)Nc1ccc(OC)cc1OC. The number of anilines is 2. The molecule has 0 bridgehead atoms. The normalized spacial score (nSPS) is 14.6. The van der Waals surface area contributed by atoms with E-state index in [1.807, 2.05) is 6.92 Å². The van der Waals surface area contributed by atoms with Crippen molar-refractivity contribution in [2.45, 2.75) is 25.8 Å². The Balaban J connectivity index is 1.59. The molecule has 0 radical (unpaired) electrons. The maximum absolute atomic E-state index is 13.4. The van der Waals surface area contributed by atoms with Gasteiger partial charge in [-0.2, -0.15) is 5.10 Å². The van der Waals surface area contributed by atoms with Gasteiger partial charge in [-0.1, -0.05) is 19.1 Å². The molecule has 3 aromatic rings. The first-order chi connectivity index (χ1) is 15.4. The van der Waals surface area contributed by atoms with Crippen molar-refractivity contribution in [3.05, 3.63) is 54.0 Å². The number of hydrogen-bond acceptors (Lipinski definition) is 5. The van der Waals surface area contributed by atoms with Gasteiger partial charge in [-0.15, -0.1) is 0 Å². The molecule has 166 valence electrons. The van der Waals surface area contributed by atoms with E-state index in [-0.39, 0.29) is 24.1 Å². The molecule has 1 atom stereocenters. The number of halogens is 1. The average molecular weight is 438 g/mol. The summed E-state index contributed by atoms with van der Waals surface area (Å²) in [5.74, 6) is 0.520. The van der Waals surface area contributed by atoms with Crippen LogP contribution < -0.4 is 20.1 Å². The van der Waals surface area contributed by atoms with E-state index in [9.17, 15) is 14.0 Å². The predicted molar refractivity (Wildman–Crippen MR) is 117 cm³/mol. The zero-order valence-corrected chi connectivity index (χ0v) is 17.9. The van der Waals surface area contributed by atoms with Crippen molar-refractivity contribution in [2.24, 2.45) is 0 Å². The summed E-state index contributed by atoms with van der Waals surface area (Å²) in [7, 11) is 3.03. The maximum Gasteiger partial charge on any atom is 0.251 e. The minimum atomic E-state index is -0.797. The van der Waals surface area contributed by atoms with E-state index in [2.05, 4.69) is 15.7 Å². The van der Waals surface area contributed by atoms with Crippen LogP contribution in [0.5, 0.6) is 11.5 Å². The molecule has 4 rings (SSSR count). The lowest BCUT2D eigenvalue weighted by Crippen LogP contribution is -2.24. The lowest BCUT2D eigenvalue weighted by Gasteiger charge is -2.13. The van der Waals surface area contributed by atoms with Crippen LogP contribution in [0.2, 0.25) is 0 Å². The second-order valence-corrected chi connectivity index (χ2v) is 7.30. The second-order valence-electron chi connectivity index (χ2n) is 7.30. The minimum absolute atomic E-state index is 0.109. The molecular formula is C23H23FN4O4. The highest BCUT2D eigenvalue weighted by Gasteiger charge is 2.36. The topological polar surface area (TPSA) is 94.5 Å². The fraction of sp³-hybridized carbons (Fsp3) is 0.261. The molecule has 1 aliphatic rings. The van der Waals surface area contributed by atoms with Crippen LogP contribution in [-0.2, 0) is 16.0 Å². The van der Waals surface area contributed by atoms with Crippen molar-refractivity contribution in [3.63, 3.8) is 0 Å². The number of rotatable bonds is 7. The summed E-state index contributed by atoms with van der Waals surface area (Å²) in [5, 5.41) is 10.2. The van der Waals surface area contributed by atoms with E-state index in [1.165, 1.54) is 26.4 Å². The Bertz CT molecular complexity index is 1170. The average Bonchev–Trinajstić information content (AvgIpc) is 3.29. The number of methoxy groups -OCH3 is 2. The molecule has 32 heavy (non-hydrogen) atoms. The molecule has 2 heterocycles. The van der Waals surface area contributed by atoms with Crippen molar-refractivity contribution in [3.8, 4) is 22.6 Å². The van der Waals surface area contributed by atoms with Crippen LogP contribution in [0.4, 0.5) is 15.9 Å². The molecule has 0 fully saturated rings. The summed E-state index contributed by atoms with van der Waals surface area (Å²) in [6.07, 6.45) is 0.506. The summed E-state index contributed by atoms with van der Waals surface area (Å²) < 4.78 is 25.4. The predicted octanol–water partition coefficient (Wildman–Crippen LogP) is 3.79. The Hall–Kier alpha value is -3.88. The first-order valence-electron chi connectivity index (χ1n) is 10.1. The number of fused-ring (bicyclic) bond motifs is 1. The number of hydrogen-bond donors (Lipinski definition) is 2. The Morgan fingerprint density at radius 1 is 1.19 bits per heavy atom.